The zero-order valence-electron chi connectivity index (χ0n) is 12.1. The lowest BCUT2D eigenvalue weighted by atomic mass is 10.1. The summed E-state index contributed by atoms with van der Waals surface area (Å²) in [6, 6.07) is 5.99. The van der Waals surface area contributed by atoms with Gasteiger partial charge in [0.05, 0.1) is 5.92 Å². The zero-order chi connectivity index (χ0) is 15.1. The van der Waals surface area contributed by atoms with Crippen LogP contribution >= 0.6 is 23.2 Å². The van der Waals surface area contributed by atoms with Gasteiger partial charge in [0.2, 0.25) is 5.91 Å². The highest BCUT2D eigenvalue weighted by molar-refractivity contribution is 6.55. The molecule has 4 heteroatoms. The number of carbonyl (C=O) groups excluding carboxylic acids is 1. The molecule has 1 fully saturated rings. The fourth-order valence-electron chi connectivity index (χ4n) is 2.79. The summed E-state index contributed by atoms with van der Waals surface area (Å²) in [7, 11) is 0. The molecule has 0 saturated heterocycles. The van der Waals surface area contributed by atoms with Gasteiger partial charge in [0.1, 0.15) is 4.49 Å². The minimum atomic E-state index is -0.0995. The second-order valence-corrected chi connectivity index (χ2v) is 7.10. The Balaban J connectivity index is 2.12. The molecule has 2 atom stereocenters. The van der Waals surface area contributed by atoms with Crippen LogP contribution in [-0.2, 0) is 4.79 Å². The molecule has 1 aliphatic carbocycles. The lowest BCUT2D eigenvalue weighted by molar-refractivity contribution is -0.118. The standard InChI is InChI=1S/C16H19Cl2NO/c1-9-5-6-12(10(2)7-9)19-15(20)14-11(8-13(17)18)16(14,3)4/h5-8,11,14H,1-4H3,(H,19,20)/t11-,14+/m0/s1. The Morgan fingerprint density at radius 3 is 2.50 bits per heavy atom. The molecule has 0 aromatic heterocycles. The van der Waals surface area contributed by atoms with Crippen LogP contribution in [0.1, 0.15) is 25.0 Å². The smallest absolute Gasteiger partial charge is 0.228 e. The van der Waals surface area contributed by atoms with Gasteiger partial charge >= 0.3 is 0 Å². The molecule has 2 nitrogen and oxygen atoms in total. The number of halogens is 2. The largest absolute Gasteiger partial charge is 0.326 e. The molecule has 1 amide bonds. The predicted octanol–water partition coefficient (Wildman–Crippen LogP) is 4.83. The lowest BCUT2D eigenvalue weighted by Crippen LogP contribution is -2.17. The van der Waals surface area contributed by atoms with Crippen molar-refractivity contribution in [3.05, 3.63) is 39.9 Å². The van der Waals surface area contributed by atoms with E-state index in [4.69, 9.17) is 23.2 Å². The first-order valence-corrected chi connectivity index (χ1v) is 7.40. The maximum Gasteiger partial charge on any atom is 0.228 e. The first-order valence-electron chi connectivity index (χ1n) is 6.64. The fourth-order valence-corrected chi connectivity index (χ4v) is 3.06. The molecule has 108 valence electrons. The number of anilines is 1. The van der Waals surface area contributed by atoms with Crippen molar-refractivity contribution in [3.8, 4) is 0 Å². The van der Waals surface area contributed by atoms with Gasteiger partial charge in [-0.15, -0.1) is 0 Å². The van der Waals surface area contributed by atoms with Crippen LogP contribution in [0.15, 0.2) is 28.8 Å². The minimum absolute atomic E-state index is 0.0257. The normalized spacial score (nSPS) is 23.1. The summed E-state index contributed by atoms with van der Waals surface area (Å²) in [5, 5.41) is 3.00. The van der Waals surface area contributed by atoms with Crippen molar-refractivity contribution in [1.82, 2.24) is 0 Å². The van der Waals surface area contributed by atoms with E-state index < -0.39 is 0 Å². The predicted molar refractivity (Wildman–Crippen MR) is 85.1 cm³/mol. The minimum Gasteiger partial charge on any atom is -0.326 e. The van der Waals surface area contributed by atoms with Crippen molar-refractivity contribution in [2.75, 3.05) is 5.32 Å². The van der Waals surface area contributed by atoms with E-state index in [1.807, 2.05) is 26.0 Å². The maximum atomic E-state index is 12.4. The van der Waals surface area contributed by atoms with Crippen molar-refractivity contribution >= 4 is 34.8 Å². The summed E-state index contributed by atoms with van der Waals surface area (Å²) in [6.07, 6.45) is 1.76. The second kappa shape index (κ2) is 5.42. The Labute approximate surface area is 130 Å². The first-order chi connectivity index (χ1) is 9.23. The second-order valence-electron chi connectivity index (χ2n) is 6.09. The summed E-state index contributed by atoms with van der Waals surface area (Å²) in [4.78, 5) is 12.4. The van der Waals surface area contributed by atoms with Crippen molar-refractivity contribution in [3.63, 3.8) is 0 Å². The van der Waals surface area contributed by atoms with Crippen LogP contribution in [0.2, 0.25) is 0 Å². The van der Waals surface area contributed by atoms with Crippen LogP contribution in [0.4, 0.5) is 5.69 Å². The summed E-state index contributed by atoms with van der Waals surface area (Å²) in [5.41, 5.74) is 3.02. The van der Waals surface area contributed by atoms with E-state index in [0.717, 1.165) is 11.3 Å². The molecule has 1 N–H and O–H groups in total. The average Bonchev–Trinajstić information content (AvgIpc) is 2.83. The van der Waals surface area contributed by atoms with Gasteiger partial charge in [0.15, 0.2) is 0 Å². The topological polar surface area (TPSA) is 29.1 Å². The molecular formula is C16H19Cl2NO. The van der Waals surface area contributed by atoms with Crippen molar-refractivity contribution < 1.29 is 4.79 Å². The van der Waals surface area contributed by atoms with Crippen LogP contribution < -0.4 is 5.32 Å². The Morgan fingerprint density at radius 1 is 1.30 bits per heavy atom. The van der Waals surface area contributed by atoms with Crippen LogP contribution in [0.3, 0.4) is 0 Å². The Kier molecular flexibility index (Phi) is 4.17. The summed E-state index contributed by atoms with van der Waals surface area (Å²) in [5.74, 6) is 0.0340. The van der Waals surface area contributed by atoms with E-state index in [-0.39, 0.29) is 27.6 Å². The molecule has 0 spiro atoms. The number of rotatable bonds is 3. The monoisotopic (exact) mass is 311 g/mol. The summed E-state index contributed by atoms with van der Waals surface area (Å²) >= 11 is 11.4. The summed E-state index contributed by atoms with van der Waals surface area (Å²) in [6.45, 7) is 8.13. The number of nitrogens with one attached hydrogen (secondary N) is 1. The highest BCUT2D eigenvalue weighted by atomic mass is 35.5. The van der Waals surface area contributed by atoms with Gasteiger partial charge in [0, 0.05) is 5.69 Å². The first kappa shape index (κ1) is 15.4. The molecule has 0 unspecified atom stereocenters. The number of hydrogen-bond donors (Lipinski definition) is 1. The molecular weight excluding hydrogens is 293 g/mol. The van der Waals surface area contributed by atoms with Crippen molar-refractivity contribution in [1.29, 1.82) is 0 Å². The van der Waals surface area contributed by atoms with E-state index in [9.17, 15) is 4.79 Å². The highest BCUT2D eigenvalue weighted by Gasteiger charge is 2.60. The SMILES string of the molecule is Cc1ccc(NC(=O)[C@H]2[C@H](C=C(Cl)Cl)C2(C)C)c(C)c1. The van der Waals surface area contributed by atoms with E-state index >= 15 is 0 Å². The van der Waals surface area contributed by atoms with Gasteiger partial charge in [-0.2, -0.15) is 0 Å². The van der Waals surface area contributed by atoms with Crippen molar-refractivity contribution in [2.45, 2.75) is 27.7 Å². The molecule has 1 aromatic rings. The number of benzene rings is 1. The van der Waals surface area contributed by atoms with Gasteiger partial charge in [-0.3, -0.25) is 4.79 Å². The Morgan fingerprint density at radius 2 is 1.95 bits per heavy atom. The molecule has 2 rings (SSSR count). The van der Waals surface area contributed by atoms with Gasteiger partial charge in [0.25, 0.3) is 0 Å². The maximum absolute atomic E-state index is 12.4. The van der Waals surface area contributed by atoms with E-state index in [0.29, 0.717) is 0 Å². The molecule has 0 bridgehead atoms. The Bertz CT molecular complexity index is 574. The number of allylic oxidation sites excluding steroid dienone is 1. The lowest BCUT2D eigenvalue weighted by Gasteiger charge is -2.09. The van der Waals surface area contributed by atoms with Gasteiger partial charge in [-0.25, -0.2) is 0 Å². The molecule has 0 radical (unpaired) electrons. The molecule has 20 heavy (non-hydrogen) atoms. The summed E-state index contributed by atoms with van der Waals surface area (Å²) < 4.78 is 0.227. The third kappa shape index (κ3) is 3.02. The van der Waals surface area contributed by atoms with Crippen molar-refractivity contribution in [2.24, 2.45) is 17.3 Å². The van der Waals surface area contributed by atoms with Gasteiger partial charge in [-0.05, 0) is 42.9 Å². The van der Waals surface area contributed by atoms with Gasteiger partial charge in [-0.1, -0.05) is 54.7 Å². The molecule has 1 aromatic carbocycles. The quantitative estimate of drug-likeness (QED) is 0.850. The zero-order valence-corrected chi connectivity index (χ0v) is 13.6. The molecule has 1 aliphatic rings. The van der Waals surface area contributed by atoms with Crippen LogP contribution in [0.25, 0.3) is 0 Å². The third-order valence-corrected chi connectivity index (χ3v) is 4.39. The van der Waals surface area contributed by atoms with Crippen LogP contribution in [0, 0.1) is 31.1 Å². The molecule has 0 heterocycles. The van der Waals surface area contributed by atoms with Crippen LogP contribution in [-0.4, -0.2) is 5.91 Å². The molecule has 1 saturated carbocycles. The molecule has 0 aliphatic heterocycles. The number of carbonyl (C=O) groups is 1. The number of hydrogen-bond acceptors (Lipinski definition) is 1. The van der Waals surface area contributed by atoms with Crippen LogP contribution in [0.5, 0.6) is 0 Å². The van der Waals surface area contributed by atoms with Gasteiger partial charge < -0.3 is 5.32 Å². The fraction of sp³-hybridized carbons (Fsp3) is 0.438. The van der Waals surface area contributed by atoms with E-state index in [2.05, 4.69) is 25.2 Å². The Hall–Kier alpha value is -0.990. The average molecular weight is 312 g/mol. The highest BCUT2D eigenvalue weighted by Crippen LogP contribution is 2.60. The number of aryl methyl sites for hydroxylation is 2. The third-order valence-electron chi connectivity index (χ3n) is 4.14. The van der Waals surface area contributed by atoms with E-state index in [1.54, 1.807) is 6.08 Å². The number of amides is 1. The van der Waals surface area contributed by atoms with E-state index in [1.165, 1.54) is 5.56 Å².